The summed E-state index contributed by atoms with van der Waals surface area (Å²) in [5, 5.41) is 0. The standard InChI is InChI=1S/C12H17ClN/c1-4-12(14(2,3)10-13)11-8-6-5-7-9-11/h4-9,12H,1,10H2,2-3H3/q+1. The van der Waals surface area contributed by atoms with E-state index in [4.69, 9.17) is 11.6 Å². The molecule has 0 bridgehead atoms. The molecule has 1 atom stereocenters. The van der Waals surface area contributed by atoms with Crippen molar-refractivity contribution in [2.45, 2.75) is 6.04 Å². The third-order valence-corrected chi connectivity index (χ3v) is 3.04. The minimum absolute atomic E-state index is 0.258. The normalized spacial score (nSPS) is 13.6. The SMILES string of the molecule is C=CC(c1ccccc1)[N+](C)(C)CCl. The first-order valence-electron chi connectivity index (χ1n) is 4.68. The first-order chi connectivity index (χ1) is 6.61. The second kappa shape index (κ2) is 4.63. The van der Waals surface area contributed by atoms with Crippen LogP contribution >= 0.6 is 11.6 Å². The molecule has 0 saturated carbocycles. The van der Waals surface area contributed by atoms with Crippen LogP contribution in [0.5, 0.6) is 0 Å². The predicted octanol–water partition coefficient (Wildman–Crippen LogP) is 3.19. The average molecular weight is 211 g/mol. The molecule has 0 spiro atoms. The molecule has 0 aliphatic rings. The number of benzene rings is 1. The second-order valence-electron chi connectivity index (χ2n) is 3.99. The van der Waals surface area contributed by atoms with Crippen molar-refractivity contribution in [1.29, 1.82) is 0 Å². The predicted molar refractivity (Wildman–Crippen MR) is 62.2 cm³/mol. The van der Waals surface area contributed by atoms with E-state index >= 15 is 0 Å². The first-order valence-corrected chi connectivity index (χ1v) is 5.21. The summed E-state index contributed by atoms with van der Waals surface area (Å²) in [7, 11) is 4.21. The van der Waals surface area contributed by atoms with Gasteiger partial charge in [-0.2, -0.15) is 0 Å². The van der Waals surface area contributed by atoms with Crippen molar-refractivity contribution in [3.05, 3.63) is 48.6 Å². The molecule has 0 amide bonds. The van der Waals surface area contributed by atoms with Gasteiger partial charge in [0.2, 0.25) is 0 Å². The van der Waals surface area contributed by atoms with Crippen molar-refractivity contribution in [2.24, 2.45) is 0 Å². The Morgan fingerprint density at radius 2 is 1.93 bits per heavy atom. The van der Waals surface area contributed by atoms with Crippen LogP contribution in [0.1, 0.15) is 11.6 Å². The number of rotatable bonds is 4. The first kappa shape index (κ1) is 11.3. The van der Waals surface area contributed by atoms with Gasteiger partial charge in [-0.25, -0.2) is 0 Å². The maximum atomic E-state index is 5.94. The van der Waals surface area contributed by atoms with Crippen molar-refractivity contribution in [3.63, 3.8) is 0 Å². The van der Waals surface area contributed by atoms with Crippen LogP contribution in [0.3, 0.4) is 0 Å². The van der Waals surface area contributed by atoms with Crippen LogP contribution in [0.4, 0.5) is 0 Å². The smallest absolute Gasteiger partial charge is 0.155 e. The molecule has 0 aromatic heterocycles. The summed E-state index contributed by atoms with van der Waals surface area (Å²) in [6.45, 7) is 3.88. The van der Waals surface area contributed by atoms with Gasteiger partial charge in [0.05, 0.1) is 14.1 Å². The van der Waals surface area contributed by atoms with Crippen LogP contribution in [-0.4, -0.2) is 24.6 Å². The van der Waals surface area contributed by atoms with Gasteiger partial charge in [0.25, 0.3) is 0 Å². The number of hydrogen-bond donors (Lipinski definition) is 0. The Hall–Kier alpha value is -0.790. The molecule has 76 valence electrons. The van der Waals surface area contributed by atoms with E-state index in [2.05, 4.69) is 32.8 Å². The van der Waals surface area contributed by atoms with Crippen molar-refractivity contribution >= 4 is 11.6 Å². The molecule has 0 aliphatic heterocycles. The van der Waals surface area contributed by atoms with E-state index in [1.54, 1.807) is 0 Å². The summed E-state index contributed by atoms with van der Waals surface area (Å²) in [6.07, 6.45) is 1.96. The van der Waals surface area contributed by atoms with E-state index in [-0.39, 0.29) is 6.04 Å². The Bertz CT molecular complexity index is 292. The zero-order valence-electron chi connectivity index (χ0n) is 8.78. The highest BCUT2D eigenvalue weighted by Gasteiger charge is 2.25. The Morgan fingerprint density at radius 3 is 2.36 bits per heavy atom. The Kier molecular flexibility index (Phi) is 3.73. The third-order valence-electron chi connectivity index (χ3n) is 2.43. The zero-order valence-corrected chi connectivity index (χ0v) is 9.54. The van der Waals surface area contributed by atoms with E-state index < -0.39 is 0 Å². The van der Waals surface area contributed by atoms with Gasteiger partial charge in [0.1, 0.15) is 6.04 Å². The van der Waals surface area contributed by atoms with E-state index in [1.165, 1.54) is 5.56 Å². The molecule has 0 fully saturated rings. The molecule has 0 saturated heterocycles. The summed E-state index contributed by atoms with van der Waals surface area (Å²) < 4.78 is 0.717. The molecule has 0 heterocycles. The molecule has 0 radical (unpaired) electrons. The molecule has 1 rings (SSSR count). The Labute approximate surface area is 91.2 Å². The molecule has 1 aromatic rings. The molecular formula is C12H17ClN+. The number of alkyl halides is 1. The molecule has 14 heavy (non-hydrogen) atoms. The topological polar surface area (TPSA) is 0 Å². The number of quaternary nitrogens is 1. The van der Waals surface area contributed by atoms with E-state index in [0.29, 0.717) is 6.00 Å². The zero-order chi connectivity index (χ0) is 10.6. The second-order valence-corrected chi connectivity index (χ2v) is 4.23. The highest BCUT2D eigenvalue weighted by molar-refractivity contribution is 6.16. The van der Waals surface area contributed by atoms with Crippen molar-refractivity contribution < 1.29 is 4.48 Å². The van der Waals surface area contributed by atoms with Gasteiger partial charge in [-0.1, -0.05) is 48.5 Å². The molecule has 1 unspecified atom stereocenters. The summed E-state index contributed by atoms with van der Waals surface area (Å²) in [5.41, 5.74) is 1.26. The average Bonchev–Trinajstić information content (AvgIpc) is 2.20. The lowest BCUT2D eigenvalue weighted by molar-refractivity contribution is -0.903. The maximum Gasteiger partial charge on any atom is 0.155 e. The van der Waals surface area contributed by atoms with Gasteiger partial charge in [0, 0.05) is 5.56 Å². The summed E-state index contributed by atoms with van der Waals surface area (Å²) in [6, 6.07) is 11.2. The fourth-order valence-electron chi connectivity index (χ4n) is 1.55. The fourth-order valence-corrected chi connectivity index (χ4v) is 1.70. The summed E-state index contributed by atoms with van der Waals surface area (Å²) in [5.74, 6) is 0. The van der Waals surface area contributed by atoms with E-state index in [1.807, 2.05) is 24.3 Å². The van der Waals surface area contributed by atoms with Crippen LogP contribution in [0.2, 0.25) is 0 Å². The van der Waals surface area contributed by atoms with Gasteiger partial charge < -0.3 is 4.48 Å². The van der Waals surface area contributed by atoms with Crippen molar-refractivity contribution in [3.8, 4) is 0 Å². The summed E-state index contributed by atoms with van der Waals surface area (Å²) >= 11 is 5.94. The number of nitrogens with zero attached hydrogens (tertiary/aromatic N) is 1. The number of hydrogen-bond acceptors (Lipinski definition) is 0. The van der Waals surface area contributed by atoms with Gasteiger partial charge >= 0.3 is 0 Å². The summed E-state index contributed by atoms with van der Waals surface area (Å²) in [4.78, 5) is 0. The minimum atomic E-state index is 0.258. The third kappa shape index (κ3) is 2.37. The van der Waals surface area contributed by atoms with Crippen LogP contribution in [0.15, 0.2) is 43.0 Å². The lowest BCUT2D eigenvalue weighted by Crippen LogP contribution is -2.41. The number of halogens is 1. The van der Waals surface area contributed by atoms with E-state index in [9.17, 15) is 0 Å². The van der Waals surface area contributed by atoms with Crippen LogP contribution in [0.25, 0.3) is 0 Å². The van der Waals surface area contributed by atoms with Gasteiger partial charge in [0.15, 0.2) is 6.00 Å². The molecule has 1 aromatic carbocycles. The number of likely N-dealkylation sites (N-methyl/N-ethyl adjacent to an activating group) is 1. The van der Waals surface area contributed by atoms with Crippen molar-refractivity contribution in [1.82, 2.24) is 0 Å². The monoisotopic (exact) mass is 210 g/mol. The Balaban J connectivity index is 2.99. The van der Waals surface area contributed by atoms with Gasteiger partial charge in [-0.05, 0) is 6.08 Å². The molecule has 2 heteroatoms. The molecule has 0 N–H and O–H groups in total. The minimum Gasteiger partial charge on any atom is -0.306 e. The quantitative estimate of drug-likeness (QED) is 0.310. The fraction of sp³-hybridized carbons (Fsp3) is 0.333. The largest absolute Gasteiger partial charge is 0.306 e. The molecule has 1 nitrogen and oxygen atoms in total. The van der Waals surface area contributed by atoms with Crippen molar-refractivity contribution in [2.75, 3.05) is 20.1 Å². The van der Waals surface area contributed by atoms with E-state index in [0.717, 1.165) is 4.48 Å². The van der Waals surface area contributed by atoms with Gasteiger partial charge in [-0.3, -0.25) is 0 Å². The lowest BCUT2D eigenvalue weighted by Gasteiger charge is -2.34. The maximum absolute atomic E-state index is 5.94. The Morgan fingerprint density at radius 1 is 1.36 bits per heavy atom. The highest BCUT2D eigenvalue weighted by Crippen LogP contribution is 2.26. The lowest BCUT2D eigenvalue weighted by atomic mass is 10.1. The van der Waals surface area contributed by atoms with Gasteiger partial charge in [-0.15, -0.1) is 0 Å². The molecule has 0 aliphatic carbocycles. The molecular weight excluding hydrogens is 194 g/mol. The van der Waals surface area contributed by atoms with Crippen LogP contribution in [0, 0.1) is 0 Å². The van der Waals surface area contributed by atoms with Crippen LogP contribution in [-0.2, 0) is 0 Å². The van der Waals surface area contributed by atoms with Crippen LogP contribution < -0.4 is 0 Å². The highest BCUT2D eigenvalue weighted by atomic mass is 35.5.